The van der Waals surface area contributed by atoms with Crippen LogP contribution in [0.4, 0.5) is 17.6 Å². The zero-order valence-corrected chi connectivity index (χ0v) is 7.58. The number of phenolic OH excluding ortho intramolecular Hbond substituents is 1. The summed E-state index contributed by atoms with van der Waals surface area (Å²) in [6, 6.07) is 1.49. The Morgan fingerprint density at radius 3 is 2.23 bits per heavy atom. The number of hydrogen-bond acceptors (Lipinski definition) is 1. The van der Waals surface area contributed by atoms with Gasteiger partial charge in [0.05, 0.1) is 4.47 Å². The number of halogens is 5. The minimum absolute atomic E-state index is 0.210. The molecule has 0 unspecified atom stereocenters. The van der Waals surface area contributed by atoms with Crippen LogP contribution in [0.3, 0.4) is 0 Å². The molecule has 0 aliphatic rings. The molecule has 0 aliphatic carbocycles. The summed E-state index contributed by atoms with van der Waals surface area (Å²) < 4.78 is 48.6. The van der Waals surface area contributed by atoms with Gasteiger partial charge in [0.2, 0.25) is 0 Å². The lowest BCUT2D eigenvalue weighted by atomic mass is 10.2. The summed E-state index contributed by atoms with van der Waals surface area (Å²) in [7, 11) is 0. The zero-order valence-electron chi connectivity index (χ0n) is 5.99. The van der Waals surface area contributed by atoms with Crippen molar-refractivity contribution in [3.63, 3.8) is 0 Å². The smallest absolute Gasteiger partial charge is 0.420 e. The Labute approximate surface area is 79.1 Å². The first-order valence-corrected chi connectivity index (χ1v) is 3.87. The topological polar surface area (TPSA) is 20.2 Å². The van der Waals surface area contributed by atoms with Crippen molar-refractivity contribution in [1.82, 2.24) is 0 Å². The summed E-state index contributed by atoms with van der Waals surface area (Å²) in [6.07, 6.45) is -4.74. The lowest BCUT2D eigenvalue weighted by Crippen LogP contribution is -2.06. The number of rotatable bonds is 0. The van der Waals surface area contributed by atoms with E-state index in [4.69, 9.17) is 5.11 Å². The molecule has 0 spiro atoms. The van der Waals surface area contributed by atoms with Gasteiger partial charge in [0.25, 0.3) is 0 Å². The monoisotopic (exact) mass is 258 g/mol. The van der Waals surface area contributed by atoms with E-state index in [-0.39, 0.29) is 4.47 Å². The summed E-state index contributed by atoms with van der Waals surface area (Å²) in [5.41, 5.74) is -1.38. The van der Waals surface area contributed by atoms with E-state index in [9.17, 15) is 17.6 Å². The van der Waals surface area contributed by atoms with E-state index < -0.39 is 23.3 Å². The summed E-state index contributed by atoms with van der Waals surface area (Å²) in [5.74, 6) is -2.70. The summed E-state index contributed by atoms with van der Waals surface area (Å²) in [4.78, 5) is 0. The van der Waals surface area contributed by atoms with Crippen molar-refractivity contribution in [3.8, 4) is 5.75 Å². The average molecular weight is 259 g/mol. The van der Waals surface area contributed by atoms with Crippen LogP contribution >= 0.6 is 15.9 Å². The number of phenols is 1. The first-order chi connectivity index (χ1) is 5.84. The van der Waals surface area contributed by atoms with Crippen molar-refractivity contribution in [2.24, 2.45) is 0 Å². The van der Waals surface area contributed by atoms with Crippen LogP contribution in [-0.2, 0) is 6.18 Å². The molecule has 0 aromatic heterocycles. The molecule has 1 rings (SSSR count). The molecular weight excluding hydrogens is 256 g/mol. The molecule has 1 N–H and O–H groups in total. The SMILES string of the molecule is Oc1c(C(F)(F)F)ccc(Br)c1F. The zero-order chi connectivity index (χ0) is 10.2. The number of benzene rings is 1. The van der Waals surface area contributed by atoms with E-state index >= 15 is 0 Å². The van der Waals surface area contributed by atoms with Crippen molar-refractivity contribution >= 4 is 15.9 Å². The fourth-order valence-corrected chi connectivity index (χ4v) is 1.09. The molecule has 0 aliphatic heterocycles. The van der Waals surface area contributed by atoms with E-state index in [0.717, 1.165) is 6.07 Å². The Bertz CT molecular complexity index is 334. The Morgan fingerprint density at radius 1 is 1.23 bits per heavy atom. The molecule has 0 amide bonds. The molecule has 0 fully saturated rings. The normalized spacial score (nSPS) is 11.8. The van der Waals surface area contributed by atoms with E-state index in [1.165, 1.54) is 0 Å². The standard InChI is InChI=1S/C7H3BrF4O/c8-4-2-1-3(7(10,11)12)6(13)5(4)9/h1-2,13H. The summed E-state index contributed by atoms with van der Waals surface area (Å²) in [5, 5.41) is 8.79. The van der Waals surface area contributed by atoms with Crippen LogP contribution < -0.4 is 0 Å². The van der Waals surface area contributed by atoms with Crippen molar-refractivity contribution in [3.05, 3.63) is 28.0 Å². The predicted octanol–water partition coefficient (Wildman–Crippen LogP) is 3.31. The lowest BCUT2D eigenvalue weighted by molar-refractivity contribution is -0.139. The highest BCUT2D eigenvalue weighted by Crippen LogP contribution is 2.38. The van der Waals surface area contributed by atoms with E-state index in [1.54, 1.807) is 0 Å². The van der Waals surface area contributed by atoms with Gasteiger partial charge in [0.15, 0.2) is 11.6 Å². The van der Waals surface area contributed by atoms with Gasteiger partial charge in [-0.05, 0) is 28.1 Å². The highest BCUT2D eigenvalue weighted by Gasteiger charge is 2.35. The fraction of sp³-hybridized carbons (Fsp3) is 0.143. The van der Waals surface area contributed by atoms with Gasteiger partial charge >= 0.3 is 6.18 Å². The Kier molecular flexibility index (Phi) is 2.51. The predicted molar refractivity (Wildman–Crippen MR) is 40.8 cm³/mol. The molecule has 0 heterocycles. The second-order valence-corrected chi connectivity index (χ2v) is 3.11. The molecule has 0 atom stereocenters. The largest absolute Gasteiger partial charge is 0.504 e. The van der Waals surface area contributed by atoms with Crippen LogP contribution in [-0.4, -0.2) is 5.11 Å². The number of alkyl halides is 3. The molecule has 1 aromatic carbocycles. The van der Waals surface area contributed by atoms with Gasteiger partial charge in [-0.2, -0.15) is 13.2 Å². The maximum atomic E-state index is 12.7. The maximum Gasteiger partial charge on any atom is 0.420 e. The van der Waals surface area contributed by atoms with Crippen molar-refractivity contribution in [2.45, 2.75) is 6.18 Å². The second kappa shape index (κ2) is 3.17. The summed E-state index contributed by atoms with van der Waals surface area (Å²) in [6.45, 7) is 0. The minimum atomic E-state index is -4.74. The molecule has 13 heavy (non-hydrogen) atoms. The van der Waals surface area contributed by atoms with Crippen LogP contribution in [0.25, 0.3) is 0 Å². The van der Waals surface area contributed by atoms with Crippen LogP contribution in [0.15, 0.2) is 16.6 Å². The average Bonchev–Trinajstić information content (AvgIpc) is 1.98. The van der Waals surface area contributed by atoms with Gasteiger partial charge in [0.1, 0.15) is 5.56 Å². The van der Waals surface area contributed by atoms with E-state index in [1.807, 2.05) is 0 Å². The van der Waals surface area contributed by atoms with Crippen molar-refractivity contribution in [1.29, 1.82) is 0 Å². The minimum Gasteiger partial charge on any atom is -0.504 e. The lowest BCUT2D eigenvalue weighted by Gasteiger charge is -2.09. The quantitative estimate of drug-likeness (QED) is 0.708. The molecule has 0 bridgehead atoms. The Balaban J connectivity index is 3.35. The second-order valence-electron chi connectivity index (χ2n) is 2.26. The van der Waals surface area contributed by atoms with Crippen LogP contribution in [0.2, 0.25) is 0 Å². The van der Waals surface area contributed by atoms with Crippen LogP contribution in [0.1, 0.15) is 5.56 Å². The first kappa shape index (κ1) is 10.3. The molecule has 1 nitrogen and oxygen atoms in total. The number of hydrogen-bond donors (Lipinski definition) is 1. The molecule has 6 heteroatoms. The van der Waals surface area contributed by atoms with Gasteiger partial charge in [-0.15, -0.1) is 0 Å². The third-order valence-corrected chi connectivity index (χ3v) is 1.99. The van der Waals surface area contributed by atoms with Crippen molar-refractivity contribution < 1.29 is 22.7 Å². The number of aromatic hydroxyl groups is 1. The van der Waals surface area contributed by atoms with Gasteiger partial charge in [-0.1, -0.05) is 0 Å². The first-order valence-electron chi connectivity index (χ1n) is 3.08. The Hall–Kier alpha value is -0.780. The van der Waals surface area contributed by atoms with Gasteiger partial charge < -0.3 is 5.11 Å². The molecule has 1 aromatic rings. The highest BCUT2D eigenvalue weighted by molar-refractivity contribution is 9.10. The van der Waals surface area contributed by atoms with Crippen LogP contribution in [0.5, 0.6) is 5.75 Å². The molecule has 0 saturated heterocycles. The third-order valence-electron chi connectivity index (χ3n) is 1.37. The van der Waals surface area contributed by atoms with Crippen LogP contribution in [0, 0.1) is 5.82 Å². The van der Waals surface area contributed by atoms with Gasteiger partial charge in [0, 0.05) is 0 Å². The van der Waals surface area contributed by atoms with Gasteiger partial charge in [-0.3, -0.25) is 0 Å². The summed E-state index contributed by atoms with van der Waals surface area (Å²) >= 11 is 2.64. The molecule has 0 radical (unpaired) electrons. The van der Waals surface area contributed by atoms with Gasteiger partial charge in [-0.25, -0.2) is 4.39 Å². The highest BCUT2D eigenvalue weighted by atomic mass is 79.9. The third kappa shape index (κ3) is 1.93. The van der Waals surface area contributed by atoms with Crippen molar-refractivity contribution in [2.75, 3.05) is 0 Å². The molecule has 0 saturated carbocycles. The fourth-order valence-electron chi connectivity index (χ4n) is 0.769. The molecule has 72 valence electrons. The molecular formula is C7H3BrF4O. The van der Waals surface area contributed by atoms with E-state index in [2.05, 4.69) is 15.9 Å². The van der Waals surface area contributed by atoms with E-state index in [0.29, 0.717) is 6.07 Å². The maximum absolute atomic E-state index is 12.7. The Morgan fingerprint density at radius 2 is 1.77 bits per heavy atom.